The van der Waals surface area contributed by atoms with Gasteiger partial charge in [0.2, 0.25) is 0 Å². The van der Waals surface area contributed by atoms with E-state index in [-0.39, 0.29) is 6.35 Å². The summed E-state index contributed by atoms with van der Waals surface area (Å²) in [4.78, 5) is 0. The van der Waals surface area contributed by atoms with Crippen LogP contribution in [0.1, 0.15) is 13.8 Å². The number of ether oxygens (including phenoxy) is 1. The van der Waals surface area contributed by atoms with Crippen molar-refractivity contribution in [3.8, 4) is 0 Å². The van der Waals surface area contributed by atoms with E-state index in [2.05, 4.69) is 5.09 Å². The molecule has 0 aliphatic rings. The maximum atomic E-state index is 11.5. The second kappa shape index (κ2) is 5.72. The van der Waals surface area contributed by atoms with Gasteiger partial charge in [-0.3, -0.25) is 4.57 Å². The van der Waals surface area contributed by atoms with Crippen molar-refractivity contribution in [1.29, 1.82) is 0 Å². The summed E-state index contributed by atoms with van der Waals surface area (Å²) in [5.74, 6) is 0. The van der Waals surface area contributed by atoms with Crippen LogP contribution in [0.25, 0.3) is 0 Å². The highest BCUT2D eigenvalue weighted by Crippen LogP contribution is 2.40. The van der Waals surface area contributed by atoms with Crippen molar-refractivity contribution in [3.63, 3.8) is 0 Å². The van der Waals surface area contributed by atoms with Crippen LogP contribution in [0, 0.1) is 0 Å². The van der Waals surface area contributed by atoms with Crippen molar-refractivity contribution in [3.05, 3.63) is 0 Å². The van der Waals surface area contributed by atoms with Gasteiger partial charge in [0.15, 0.2) is 0 Å². The Morgan fingerprint density at radius 3 is 2.36 bits per heavy atom. The lowest BCUT2D eigenvalue weighted by atomic mass is 10.9. The molecule has 0 bridgehead atoms. The molecule has 0 aliphatic carbocycles. The Bertz CT molecular complexity index is 140. The molecule has 5 heteroatoms. The molecule has 1 N–H and O–H groups in total. The lowest BCUT2D eigenvalue weighted by molar-refractivity contribution is 0.174. The molecule has 4 nitrogen and oxygen atoms in total. The maximum Gasteiger partial charge on any atom is 0.294 e. The van der Waals surface area contributed by atoms with Gasteiger partial charge >= 0.3 is 0 Å². The van der Waals surface area contributed by atoms with Crippen LogP contribution < -0.4 is 5.09 Å². The molecular formula is C6H16NO3P. The number of nitrogens with one attached hydrogen (secondary N) is 1. The molecule has 0 heterocycles. The molecule has 0 rings (SSSR count). The van der Waals surface area contributed by atoms with Crippen LogP contribution in [0.5, 0.6) is 0 Å². The van der Waals surface area contributed by atoms with Crippen LogP contribution in [0.3, 0.4) is 0 Å². The van der Waals surface area contributed by atoms with Gasteiger partial charge in [0.25, 0.3) is 7.52 Å². The van der Waals surface area contributed by atoms with Gasteiger partial charge < -0.3 is 9.26 Å². The van der Waals surface area contributed by atoms with Crippen LogP contribution in [-0.2, 0) is 13.8 Å². The summed E-state index contributed by atoms with van der Waals surface area (Å²) in [6.07, 6.45) is 0.147. The van der Waals surface area contributed by atoms with E-state index in [0.717, 1.165) is 0 Å². The Morgan fingerprint density at radius 2 is 2.00 bits per heavy atom. The van der Waals surface area contributed by atoms with Gasteiger partial charge in [-0.25, -0.2) is 5.09 Å². The number of hydrogen-bond donors (Lipinski definition) is 1. The quantitative estimate of drug-likeness (QED) is 0.629. The van der Waals surface area contributed by atoms with Gasteiger partial charge in [0.05, 0.1) is 6.61 Å². The fourth-order valence-electron chi connectivity index (χ4n) is 0.586. The summed E-state index contributed by atoms with van der Waals surface area (Å²) in [5.41, 5.74) is 0. The Morgan fingerprint density at radius 1 is 1.36 bits per heavy atom. The predicted molar refractivity (Wildman–Crippen MR) is 44.8 cm³/mol. The van der Waals surface area contributed by atoms with Gasteiger partial charge in [-0.05, 0) is 20.9 Å². The largest absolute Gasteiger partial charge is 0.370 e. The van der Waals surface area contributed by atoms with Crippen molar-refractivity contribution in [2.75, 3.05) is 26.6 Å². The molecule has 0 spiro atoms. The molecule has 68 valence electrons. The second-order valence-electron chi connectivity index (χ2n) is 1.94. The van der Waals surface area contributed by atoms with Crippen molar-refractivity contribution in [1.82, 2.24) is 5.09 Å². The van der Waals surface area contributed by atoms with Gasteiger partial charge in [0, 0.05) is 6.61 Å². The SMILES string of the molecule is CCOCP(=O)(NC)OCC. The van der Waals surface area contributed by atoms with E-state index in [4.69, 9.17) is 9.26 Å². The van der Waals surface area contributed by atoms with E-state index in [1.54, 1.807) is 14.0 Å². The third-order valence-electron chi connectivity index (χ3n) is 1.14. The summed E-state index contributed by atoms with van der Waals surface area (Å²) >= 11 is 0. The lowest BCUT2D eigenvalue weighted by Crippen LogP contribution is -2.11. The zero-order valence-electron chi connectivity index (χ0n) is 7.29. The molecule has 11 heavy (non-hydrogen) atoms. The number of rotatable bonds is 6. The molecule has 1 unspecified atom stereocenters. The van der Waals surface area contributed by atoms with Gasteiger partial charge in [-0.1, -0.05) is 0 Å². The molecule has 0 aliphatic heterocycles. The first kappa shape index (κ1) is 11.1. The molecule has 0 saturated heterocycles. The molecule has 0 amide bonds. The van der Waals surface area contributed by atoms with E-state index in [1.807, 2.05) is 6.92 Å². The molecule has 0 radical (unpaired) electrons. The molecular weight excluding hydrogens is 165 g/mol. The van der Waals surface area contributed by atoms with Crippen molar-refractivity contribution < 1.29 is 13.8 Å². The minimum atomic E-state index is -2.69. The predicted octanol–water partition coefficient (Wildman–Crippen LogP) is 1.43. The molecule has 0 aromatic rings. The van der Waals surface area contributed by atoms with E-state index in [9.17, 15) is 4.57 Å². The van der Waals surface area contributed by atoms with Crippen molar-refractivity contribution in [2.24, 2.45) is 0 Å². The van der Waals surface area contributed by atoms with E-state index in [0.29, 0.717) is 13.2 Å². The Kier molecular flexibility index (Phi) is 5.78. The second-order valence-corrected chi connectivity index (χ2v) is 4.25. The molecule has 0 saturated carbocycles. The highest BCUT2D eigenvalue weighted by Gasteiger charge is 2.19. The average molecular weight is 181 g/mol. The van der Waals surface area contributed by atoms with Crippen LogP contribution in [0.2, 0.25) is 0 Å². The topological polar surface area (TPSA) is 47.6 Å². The van der Waals surface area contributed by atoms with E-state index < -0.39 is 7.52 Å². The summed E-state index contributed by atoms with van der Waals surface area (Å²) in [6, 6.07) is 0. The normalized spacial score (nSPS) is 16.3. The number of hydrogen-bond acceptors (Lipinski definition) is 3. The van der Waals surface area contributed by atoms with Crippen molar-refractivity contribution in [2.45, 2.75) is 13.8 Å². The monoisotopic (exact) mass is 181 g/mol. The lowest BCUT2D eigenvalue weighted by Gasteiger charge is -2.15. The van der Waals surface area contributed by atoms with E-state index in [1.165, 1.54) is 0 Å². The minimum absolute atomic E-state index is 0.147. The molecule has 0 aromatic carbocycles. The first-order chi connectivity index (χ1) is 5.18. The summed E-state index contributed by atoms with van der Waals surface area (Å²) in [6.45, 7) is 4.64. The first-order valence-corrected chi connectivity index (χ1v) is 5.50. The molecule has 0 fully saturated rings. The Balaban J connectivity index is 3.79. The first-order valence-electron chi connectivity index (χ1n) is 3.69. The van der Waals surface area contributed by atoms with Gasteiger partial charge in [-0.15, -0.1) is 0 Å². The zero-order chi connectivity index (χ0) is 8.74. The van der Waals surface area contributed by atoms with Gasteiger partial charge in [0.1, 0.15) is 6.35 Å². The third-order valence-corrected chi connectivity index (χ3v) is 3.02. The van der Waals surface area contributed by atoms with Gasteiger partial charge in [-0.2, -0.15) is 0 Å². The summed E-state index contributed by atoms with van der Waals surface area (Å²) in [5, 5.41) is 2.62. The summed E-state index contributed by atoms with van der Waals surface area (Å²) < 4.78 is 21.5. The minimum Gasteiger partial charge on any atom is -0.370 e. The Hall–Kier alpha value is 0.110. The van der Waals surface area contributed by atoms with Crippen LogP contribution >= 0.6 is 7.52 Å². The fourth-order valence-corrected chi connectivity index (χ4v) is 1.76. The third kappa shape index (κ3) is 4.53. The maximum absolute atomic E-state index is 11.5. The smallest absolute Gasteiger partial charge is 0.294 e. The highest BCUT2D eigenvalue weighted by molar-refractivity contribution is 7.56. The fraction of sp³-hybridized carbons (Fsp3) is 1.00. The Labute approximate surface area is 67.8 Å². The average Bonchev–Trinajstić information content (AvgIpc) is 2.02. The molecule has 0 aromatic heterocycles. The summed E-state index contributed by atoms with van der Waals surface area (Å²) in [7, 11) is -1.08. The highest BCUT2D eigenvalue weighted by atomic mass is 31.2. The van der Waals surface area contributed by atoms with Crippen LogP contribution in [0.4, 0.5) is 0 Å². The van der Waals surface area contributed by atoms with E-state index >= 15 is 0 Å². The standard InChI is InChI=1S/C6H16NO3P/c1-4-9-6-11(8,7-3)10-5-2/h4-6H2,1-3H3,(H,7,8). The van der Waals surface area contributed by atoms with Crippen LogP contribution in [-0.4, -0.2) is 26.6 Å². The molecule has 1 atom stereocenters. The van der Waals surface area contributed by atoms with Crippen molar-refractivity contribution >= 4 is 7.52 Å². The van der Waals surface area contributed by atoms with Crippen LogP contribution in [0.15, 0.2) is 0 Å². The zero-order valence-corrected chi connectivity index (χ0v) is 8.19.